The van der Waals surface area contributed by atoms with Crippen LogP contribution in [0.2, 0.25) is 0 Å². The van der Waals surface area contributed by atoms with Gasteiger partial charge in [0.1, 0.15) is 0 Å². The standard InChI is InChI=1S/C24H33F2N3O2S/c1-15(2)4-5-16-6-7-17-13-23(10-8-18(31-3)9-11-23)24(19(17)12-16)21(30)28(14-20(25)26)22(32)29(24)27/h6-7,12,15,18,20H,4-5,8-11,13-14,27H2,1-3H3/t18-,23-,24?. The van der Waals surface area contributed by atoms with E-state index in [1.54, 1.807) is 7.11 Å². The molecule has 1 unspecified atom stereocenters. The van der Waals surface area contributed by atoms with E-state index >= 15 is 0 Å². The van der Waals surface area contributed by atoms with Crippen LogP contribution in [0.4, 0.5) is 8.78 Å². The van der Waals surface area contributed by atoms with Gasteiger partial charge in [0.2, 0.25) is 0 Å². The van der Waals surface area contributed by atoms with Crippen LogP contribution in [-0.2, 0) is 27.9 Å². The second kappa shape index (κ2) is 8.61. The molecule has 32 heavy (non-hydrogen) atoms. The van der Waals surface area contributed by atoms with Crippen molar-refractivity contribution in [2.45, 2.75) is 76.9 Å². The normalized spacial score (nSPS) is 29.9. The zero-order valence-corrected chi connectivity index (χ0v) is 19.9. The Morgan fingerprint density at radius 2 is 1.97 bits per heavy atom. The lowest BCUT2D eigenvalue weighted by atomic mass is 9.61. The minimum atomic E-state index is -2.68. The van der Waals surface area contributed by atoms with Crippen LogP contribution in [-0.4, -0.2) is 47.1 Å². The van der Waals surface area contributed by atoms with Gasteiger partial charge in [-0.2, -0.15) is 0 Å². The number of aryl methyl sites for hydroxylation is 1. The quantitative estimate of drug-likeness (QED) is 0.505. The van der Waals surface area contributed by atoms with Crippen LogP contribution >= 0.6 is 12.2 Å². The number of nitrogens with two attached hydrogens (primary N) is 1. The average Bonchev–Trinajstić information content (AvgIpc) is 3.13. The molecule has 1 aromatic rings. The fourth-order valence-corrected chi connectivity index (χ4v) is 6.40. The maximum absolute atomic E-state index is 14.0. The fourth-order valence-electron chi connectivity index (χ4n) is 6.11. The summed E-state index contributed by atoms with van der Waals surface area (Å²) < 4.78 is 32.3. The molecule has 1 heterocycles. The number of rotatable bonds is 6. The molecule has 4 rings (SSSR count). The number of halogens is 2. The third kappa shape index (κ3) is 3.46. The molecule has 1 amide bonds. The minimum absolute atomic E-state index is 0.0102. The largest absolute Gasteiger partial charge is 0.381 e. The number of fused-ring (bicyclic) bond motifs is 3. The van der Waals surface area contributed by atoms with Gasteiger partial charge < -0.3 is 4.74 Å². The van der Waals surface area contributed by atoms with E-state index < -0.39 is 29.8 Å². The topological polar surface area (TPSA) is 58.8 Å². The van der Waals surface area contributed by atoms with Gasteiger partial charge in [-0.15, -0.1) is 0 Å². The number of thiocarbonyl (C=S) groups is 1. The summed E-state index contributed by atoms with van der Waals surface area (Å²) in [6.45, 7) is 3.63. The zero-order chi connectivity index (χ0) is 23.3. The molecular formula is C24H33F2N3O2S. The van der Waals surface area contributed by atoms with Crippen molar-refractivity contribution < 1.29 is 18.3 Å². The molecule has 0 radical (unpaired) electrons. The molecule has 1 saturated heterocycles. The molecular weight excluding hydrogens is 432 g/mol. The van der Waals surface area contributed by atoms with Gasteiger partial charge in [0.25, 0.3) is 12.3 Å². The predicted molar refractivity (Wildman–Crippen MR) is 123 cm³/mol. The highest BCUT2D eigenvalue weighted by Crippen LogP contribution is 2.62. The molecule has 8 heteroatoms. The summed E-state index contributed by atoms with van der Waals surface area (Å²) in [5, 5.41) is 1.34. The zero-order valence-electron chi connectivity index (χ0n) is 19.1. The first-order valence-electron chi connectivity index (χ1n) is 11.5. The number of ether oxygens (including phenoxy) is 1. The number of nitrogens with zero attached hydrogens (tertiary/aromatic N) is 2. The molecule has 5 nitrogen and oxygen atoms in total. The summed E-state index contributed by atoms with van der Waals surface area (Å²) in [6.07, 6.45) is 3.12. The maximum atomic E-state index is 14.0. The van der Waals surface area contributed by atoms with Crippen molar-refractivity contribution in [2.75, 3.05) is 13.7 Å². The Kier molecular flexibility index (Phi) is 6.33. The SMILES string of the molecule is CO[C@H]1CC[C@]2(CC1)Cc1ccc(CCC(C)C)cc1C21C(=O)N(CC(F)F)C(=S)N1N. The van der Waals surface area contributed by atoms with Gasteiger partial charge in [-0.05, 0) is 79.8 Å². The second-order valence-electron chi connectivity index (χ2n) is 9.99. The lowest BCUT2D eigenvalue weighted by molar-refractivity contribution is -0.145. The summed E-state index contributed by atoms with van der Waals surface area (Å²) >= 11 is 5.46. The van der Waals surface area contributed by atoms with Gasteiger partial charge in [-0.3, -0.25) is 14.7 Å². The summed E-state index contributed by atoms with van der Waals surface area (Å²) in [6, 6.07) is 6.31. The monoisotopic (exact) mass is 465 g/mol. The second-order valence-corrected chi connectivity index (χ2v) is 10.4. The van der Waals surface area contributed by atoms with Crippen molar-refractivity contribution >= 4 is 23.2 Å². The number of carbonyl (C=O) groups is 1. The Hall–Kier alpha value is -1.64. The van der Waals surface area contributed by atoms with Crippen LogP contribution in [0.3, 0.4) is 0 Å². The molecule has 0 bridgehead atoms. The van der Waals surface area contributed by atoms with Crippen molar-refractivity contribution in [3.05, 3.63) is 34.9 Å². The Morgan fingerprint density at radius 3 is 2.56 bits per heavy atom. The van der Waals surface area contributed by atoms with E-state index in [1.165, 1.54) is 5.01 Å². The van der Waals surface area contributed by atoms with Crippen LogP contribution in [0.25, 0.3) is 0 Å². The lowest BCUT2D eigenvalue weighted by Crippen LogP contribution is -2.60. The van der Waals surface area contributed by atoms with E-state index in [2.05, 4.69) is 32.0 Å². The van der Waals surface area contributed by atoms with Gasteiger partial charge in [0.05, 0.1) is 12.6 Å². The van der Waals surface area contributed by atoms with Gasteiger partial charge >= 0.3 is 0 Å². The van der Waals surface area contributed by atoms with Crippen LogP contribution in [0, 0.1) is 11.3 Å². The smallest absolute Gasteiger partial charge is 0.261 e. The summed E-state index contributed by atoms with van der Waals surface area (Å²) in [5.74, 6) is 6.74. The molecule has 3 aliphatic rings. The van der Waals surface area contributed by atoms with E-state index in [0.717, 1.165) is 60.1 Å². The van der Waals surface area contributed by atoms with Gasteiger partial charge in [0, 0.05) is 12.5 Å². The third-order valence-corrected chi connectivity index (χ3v) is 8.18. The Bertz CT molecular complexity index is 901. The molecule has 2 fully saturated rings. The number of hydrazine groups is 1. The highest BCUT2D eigenvalue weighted by molar-refractivity contribution is 7.80. The Balaban J connectivity index is 1.83. The van der Waals surface area contributed by atoms with Crippen LogP contribution in [0.15, 0.2) is 18.2 Å². The number of methoxy groups -OCH3 is 1. The number of hydrogen-bond donors (Lipinski definition) is 1. The van der Waals surface area contributed by atoms with Gasteiger partial charge in [0.15, 0.2) is 10.7 Å². The summed E-state index contributed by atoms with van der Waals surface area (Å²) in [4.78, 5) is 15.0. The lowest BCUT2D eigenvalue weighted by Gasteiger charge is -2.49. The number of hydrogen-bond acceptors (Lipinski definition) is 4. The van der Waals surface area contributed by atoms with E-state index in [0.29, 0.717) is 12.3 Å². The molecule has 1 aliphatic heterocycles. The van der Waals surface area contributed by atoms with Gasteiger partial charge in [-0.1, -0.05) is 32.0 Å². The van der Waals surface area contributed by atoms with E-state index in [9.17, 15) is 13.6 Å². The highest BCUT2D eigenvalue weighted by atomic mass is 32.1. The van der Waals surface area contributed by atoms with E-state index in [1.807, 2.05) is 0 Å². The molecule has 1 saturated carbocycles. The number of benzene rings is 1. The number of amides is 1. The first-order valence-corrected chi connectivity index (χ1v) is 11.9. The summed E-state index contributed by atoms with van der Waals surface area (Å²) in [7, 11) is 1.71. The third-order valence-electron chi connectivity index (χ3n) is 7.77. The fraction of sp³-hybridized carbons (Fsp3) is 0.667. The number of carbonyl (C=O) groups excluding carboxylic acids is 1. The van der Waals surface area contributed by atoms with Crippen LogP contribution in [0.1, 0.15) is 62.6 Å². The van der Waals surface area contributed by atoms with Crippen LogP contribution < -0.4 is 5.84 Å². The van der Waals surface area contributed by atoms with Crippen molar-refractivity contribution in [1.82, 2.24) is 9.91 Å². The van der Waals surface area contributed by atoms with Crippen molar-refractivity contribution in [3.63, 3.8) is 0 Å². The van der Waals surface area contributed by atoms with Gasteiger partial charge in [-0.25, -0.2) is 14.6 Å². The molecule has 176 valence electrons. The van der Waals surface area contributed by atoms with Crippen LogP contribution in [0.5, 0.6) is 0 Å². The average molecular weight is 466 g/mol. The molecule has 2 aliphatic carbocycles. The van der Waals surface area contributed by atoms with Crippen molar-refractivity contribution in [1.29, 1.82) is 0 Å². The highest BCUT2D eigenvalue weighted by Gasteiger charge is 2.70. The molecule has 1 aromatic carbocycles. The summed E-state index contributed by atoms with van der Waals surface area (Å²) in [5.41, 5.74) is 1.33. The van der Waals surface area contributed by atoms with E-state index in [-0.39, 0.29) is 11.2 Å². The molecule has 2 spiro atoms. The Morgan fingerprint density at radius 1 is 1.28 bits per heavy atom. The first-order chi connectivity index (χ1) is 15.2. The van der Waals surface area contributed by atoms with E-state index in [4.69, 9.17) is 22.8 Å². The Labute approximate surface area is 194 Å². The number of alkyl halides is 2. The predicted octanol–water partition coefficient (Wildman–Crippen LogP) is 4.17. The first kappa shape index (κ1) is 23.5. The molecule has 1 atom stereocenters. The minimum Gasteiger partial charge on any atom is -0.381 e. The van der Waals surface area contributed by atoms with Crippen molar-refractivity contribution in [3.8, 4) is 0 Å². The molecule has 0 aromatic heterocycles. The maximum Gasteiger partial charge on any atom is 0.261 e. The van der Waals surface area contributed by atoms with Crippen molar-refractivity contribution in [2.24, 2.45) is 17.2 Å². The molecule has 2 N–H and O–H groups in total.